The fourth-order valence-corrected chi connectivity index (χ4v) is 2.55. The molecule has 0 spiro atoms. The zero-order valence-corrected chi connectivity index (χ0v) is 14.5. The van der Waals surface area contributed by atoms with Gasteiger partial charge in [0.05, 0.1) is 0 Å². The number of hydrogen-bond acceptors (Lipinski definition) is 4. The molecule has 0 aromatic carbocycles. The van der Waals surface area contributed by atoms with Crippen LogP contribution in [0.5, 0.6) is 0 Å². The standard InChI is InChI=1S/C17H37NO3/c1-4-19-17(20-5-2,21-6-3)15-13-11-9-7-8-10-12-14-16-18/h4-16,18H2,1-3H3. The van der Waals surface area contributed by atoms with Crippen molar-refractivity contribution in [1.82, 2.24) is 0 Å². The minimum atomic E-state index is -0.820. The Bertz CT molecular complexity index is 195. The van der Waals surface area contributed by atoms with Crippen LogP contribution in [-0.2, 0) is 14.2 Å². The lowest BCUT2D eigenvalue weighted by Crippen LogP contribution is -2.39. The van der Waals surface area contributed by atoms with Crippen molar-refractivity contribution < 1.29 is 14.2 Å². The second-order valence-corrected chi connectivity index (χ2v) is 5.35. The highest BCUT2D eigenvalue weighted by Gasteiger charge is 2.31. The molecule has 2 N–H and O–H groups in total. The molecule has 0 amide bonds. The van der Waals surface area contributed by atoms with Gasteiger partial charge in [-0.1, -0.05) is 38.5 Å². The Balaban J connectivity index is 3.76. The molecule has 0 atom stereocenters. The van der Waals surface area contributed by atoms with Crippen LogP contribution < -0.4 is 5.73 Å². The highest BCUT2D eigenvalue weighted by Crippen LogP contribution is 2.24. The molecule has 0 saturated carbocycles. The average Bonchev–Trinajstić information content (AvgIpc) is 2.46. The van der Waals surface area contributed by atoms with Gasteiger partial charge >= 0.3 is 0 Å². The summed E-state index contributed by atoms with van der Waals surface area (Å²) in [6, 6.07) is 0. The summed E-state index contributed by atoms with van der Waals surface area (Å²) in [6.07, 6.45) is 10.8. The molecule has 4 heteroatoms. The summed E-state index contributed by atoms with van der Waals surface area (Å²) < 4.78 is 17.2. The number of ether oxygens (including phenoxy) is 3. The number of rotatable bonds is 16. The van der Waals surface area contributed by atoms with Gasteiger partial charge in [-0.3, -0.25) is 0 Å². The Labute approximate surface area is 131 Å². The summed E-state index contributed by atoms with van der Waals surface area (Å²) in [5.74, 6) is -0.820. The van der Waals surface area contributed by atoms with E-state index in [4.69, 9.17) is 19.9 Å². The quantitative estimate of drug-likeness (QED) is 0.342. The van der Waals surface area contributed by atoms with Gasteiger partial charge in [-0.05, 0) is 40.2 Å². The molecule has 0 saturated heterocycles. The fourth-order valence-electron chi connectivity index (χ4n) is 2.55. The van der Waals surface area contributed by atoms with E-state index in [2.05, 4.69) is 0 Å². The van der Waals surface area contributed by atoms with Gasteiger partial charge in [-0.2, -0.15) is 0 Å². The average molecular weight is 303 g/mol. The summed E-state index contributed by atoms with van der Waals surface area (Å²) in [6.45, 7) is 8.61. The van der Waals surface area contributed by atoms with Crippen molar-refractivity contribution in [2.24, 2.45) is 5.73 Å². The Kier molecular flexibility index (Phi) is 14.7. The molecule has 0 fully saturated rings. The molecule has 0 aromatic heterocycles. The summed E-state index contributed by atoms with van der Waals surface area (Å²) in [5.41, 5.74) is 5.49. The van der Waals surface area contributed by atoms with E-state index in [1.54, 1.807) is 0 Å². The molecule has 0 aromatic rings. The SMILES string of the molecule is CCOC(CCCCCCCCCCN)(OCC)OCC. The molecule has 0 aliphatic carbocycles. The Hall–Kier alpha value is -0.160. The van der Waals surface area contributed by atoms with Crippen molar-refractivity contribution in [3.05, 3.63) is 0 Å². The van der Waals surface area contributed by atoms with E-state index in [0.29, 0.717) is 19.8 Å². The van der Waals surface area contributed by atoms with E-state index in [1.165, 1.54) is 44.9 Å². The number of unbranched alkanes of at least 4 members (excludes halogenated alkanes) is 7. The van der Waals surface area contributed by atoms with Crippen LogP contribution in [0.3, 0.4) is 0 Å². The zero-order valence-electron chi connectivity index (χ0n) is 14.5. The van der Waals surface area contributed by atoms with Crippen LogP contribution in [0, 0.1) is 0 Å². The minimum absolute atomic E-state index is 0.612. The molecule has 0 rings (SSSR count). The summed E-state index contributed by atoms with van der Waals surface area (Å²) in [7, 11) is 0. The van der Waals surface area contributed by atoms with E-state index < -0.39 is 5.97 Å². The van der Waals surface area contributed by atoms with Gasteiger partial charge in [0.15, 0.2) is 0 Å². The molecule has 0 unspecified atom stereocenters. The van der Waals surface area contributed by atoms with Gasteiger partial charge in [-0.25, -0.2) is 0 Å². The second kappa shape index (κ2) is 14.8. The molecule has 21 heavy (non-hydrogen) atoms. The minimum Gasteiger partial charge on any atom is -0.330 e. The van der Waals surface area contributed by atoms with Crippen molar-refractivity contribution in [2.45, 2.75) is 84.5 Å². The van der Waals surface area contributed by atoms with Crippen LogP contribution in [0.4, 0.5) is 0 Å². The molecule has 128 valence electrons. The highest BCUT2D eigenvalue weighted by atomic mass is 16.9. The number of nitrogens with two attached hydrogens (primary N) is 1. The Morgan fingerprint density at radius 1 is 0.619 bits per heavy atom. The largest absolute Gasteiger partial charge is 0.330 e. The van der Waals surface area contributed by atoms with Crippen LogP contribution in [0.15, 0.2) is 0 Å². The Morgan fingerprint density at radius 2 is 1.00 bits per heavy atom. The van der Waals surface area contributed by atoms with E-state index >= 15 is 0 Å². The highest BCUT2D eigenvalue weighted by molar-refractivity contribution is 4.59. The van der Waals surface area contributed by atoms with Crippen LogP contribution in [0.25, 0.3) is 0 Å². The van der Waals surface area contributed by atoms with Gasteiger partial charge in [0, 0.05) is 26.2 Å². The van der Waals surface area contributed by atoms with Crippen molar-refractivity contribution in [3.8, 4) is 0 Å². The molecule has 0 heterocycles. The summed E-state index contributed by atoms with van der Waals surface area (Å²) in [4.78, 5) is 0. The first kappa shape index (κ1) is 20.8. The van der Waals surface area contributed by atoms with E-state index in [9.17, 15) is 0 Å². The summed E-state index contributed by atoms with van der Waals surface area (Å²) in [5, 5.41) is 0. The maximum atomic E-state index is 5.73. The predicted molar refractivity (Wildman–Crippen MR) is 88.2 cm³/mol. The third-order valence-corrected chi connectivity index (χ3v) is 3.53. The lowest BCUT2D eigenvalue weighted by atomic mass is 10.1. The monoisotopic (exact) mass is 303 g/mol. The lowest BCUT2D eigenvalue weighted by Gasteiger charge is -2.32. The maximum Gasteiger partial charge on any atom is 0.282 e. The van der Waals surface area contributed by atoms with E-state index in [0.717, 1.165) is 19.4 Å². The normalized spacial score (nSPS) is 12.0. The first-order chi connectivity index (χ1) is 10.2. The second-order valence-electron chi connectivity index (χ2n) is 5.35. The third-order valence-electron chi connectivity index (χ3n) is 3.53. The van der Waals surface area contributed by atoms with E-state index in [1.807, 2.05) is 20.8 Å². The molecule has 0 bridgehead atoms. The first-order valence-corrected chi connectivity index (χ1v) is 8.86. The molecule has 4 nitrogen and oxygen atoms in total. The van der Waals surface area contributed by atoms with Crippen molar-refractivity contribution in [2.75, 3.05) is 26.4 Å². The fraction of sp³-hybridized carbons (Fsp3) is 1.00. The van der Waals surface area contributed by atoms with Gasteiger partial charge in [0.25, 0.3) is 5.97 Å². The van der Waals surface area contributed by atoms with Gasteiger partial charge in [-0.15, -0.1) is 0 Å². The summed E-state index contributed by atoms with van der Waals surface area (Å²) >= 11 is 0. The Morgan fingerprint density at radius 3 is 1.38 bits per heavy atom. The van der Waals surface area contributed by atoms with Crippen LogP contribution in [0.1, 0.15) is 78.6 Å². The molecular weight excluding hydrogens is 266 g/mol. The number of hydrogen-bond donors (Lipinski definition) is 1. The molecule has 0 aliphatic rings. The molecule has 0 aliphatic heterocycles. The predicted octanol–water partition coefficient (Wildman–Crippen LogP) is 4.22. The van der Waals surface area contributed by atoms with Gasteiger partial charge in [0.1, 0.15) is 0 Å². The molecule has 0 radical (unpaired) electrons. The van der Waals surface area contributed by atoms with E-state index in [-0.39, 0.29) is 0 Å². The van der Waals surface area contributed by atoms with Crippen LogP contribution in [0.2, 0.25) is 0 Å². The zero-order chi connectivity index (χ0) is 15.8. The van der Waals surface area contributed by atoms with Crippen molar-refractivity contribution in [3.63, 3.8) is 0 Å². The van der Waals surface area contributed by atoms with Gasteiger partial charge < -0.3 is 19.9 Å². The van der Waals surface area contributed by atoms with Crippen LogP contribution in [-0.4, -0.2) is 32.3 Å². The first-order valence-electron chi connectivity index (χ1n) is 8.86. The molecular formula is C17H37NO3. The van der Waals surface area contributed by atoms with Gasteiger partial charge in [0.2, 0.25) is 0 Å². The van der Waals surface area contributed by atoms with Crippen LogP contribution >= 0.6 is 0 Å². The lowest BCUT2D eigenvalue weighted by molar-refractivity contribution is -0.380. The maximum absolute atomic E-state index is 5.73. The van der Waals surface area contributed by atoms with Crippen molar-refractivity contribution in [1.29, 1.82) is 0 Å². The van der Waals surface area contributed by atoms with Crippen molar-refractivity contribution >= 4 is 0 Å². The smallest absolute Gasteiger partial charge is 0.282 e. The topological polar surface area (TPSA) is 53.7 Å². The third kappa shape index (κ3) is 11.1.